The summed E-state index contributed by atoms with van der Waals surface area (Å²) in [6, 6.07) is 15.9. The average Bonchev–Trinajstić information content (AvgIpc) is 3.04. The van der Waals surface area contributed by atoms with Crippen LogP contribution in [0.1, 0.15) is 105 Å². The molecule has 0 aliphatic carbocycles. The van der Waals surface area contributed by atoms with Crippen molar-refractivity contribution in [1.29, 1.82) is 0 Å². The van der Waals surface area contributed by atoms with E-state index in [2.05, 4.69) is 28.1 Å². The smallest absolute Gasteiger partial charge is 0.406 e. The molecule has 0 amide bonds. The first-order valence-corrected chi connectivity index (χ1v) is 20.9. The van der Waals surface area contributed by atoms with Crippen molar-refractivity contribution < 1.29 is 66.4 Å². The maximum absolute atomic E-state index is 12.2. The molecule has 0 saturated carbocycles. The van der Waals surface area contributed by atoms with E-state index in [9.17, 15) is 52.1 Å². The molecule has 3 rings (SSSR count). The van der Waals surface area contributed by atoms with Gasteiger partial charge in [-0.1, -0.05) is 36.4 Å². The lowest BCUT2D eigenvalue weighted by Crippen LogP contribution is -2.34. The summed E-state index contributed by atoms with van der Waals surface area (Å²) in [7, 11) is -4.07. The van der Waals surface area contributed by atoms with Gasteiger partial charge in [0.05, 0.1) is 36.2 Å². The molecule has 0 fully saturated rings. The van der Waals surface area contributed by atoms with Gasteiger partial charge in [-0.3, -0.25) is 0 Å². The van der Waals surface area contributed by atoms with Gasteiger partial charge in [0.2, 0.25) is 0 Å². The number of rotatable bonds is 11. The Balaban J connectivity index is 0.000000443. The van der Waals surface area contributed by atoms with Crippen LogP contribution in [0, 0.1) is 0 Å². The molecular weight excluding hydrogens is 862 g/mol. The van der Waals surface area contributed by atoms with Crippen LogP contribution in [-0.4, -0.2) is 52.2 Å². The molecule has 0 radical (unpaired) electrons. The Labute approximate surface area is 346 Å². The summed E-state index contributed by atoms with van der Waals surface area (Å²) < 4.78 is 164. The summed E-state index contributed by atoms with van der Waals surface area (Å²) in [5.41, 5.74) is 1.54. The Bertz CT molecular complexity index is 1800. The van der Waals surface area contributed by atoms with Gasteiger partial charge in [0.25, 0.3) is 0 Å². The van der Waals surface area contributed by atoms with Crippen molar-refractivity contribution in [2.75, 3.05) is 0 Å². The number of benzene rings is 3. The molecular formula is C38H50F9N3O6S3. The van der Waals surface area contributed by atoms with E-state index in [1.165, 1.54) is 60.8 Å². The maximum atomic E-state index is 12.2. The molecule has 0 aliphatic heterocycles. The van der Waals surface area contributed by atoms with Crippen molar-refractivity contribution in [3.8, 4) is 17.2 Å². The molecule has 2 N–H and O–H groups in total. The van der Waals surface area contributed by atoms with Crippen LogP contribution in [-0.2, 0) is 33.0 Å². The number of hydrogen-bond acceptors (Lipinski definition) is 6. The Kier molecular flexibility index (Phi) is 19.8. The number of halogens is 9. The minimum absolute atomic E-state index is 0.287. The van der Waals surface area contributed by atoms with Gasteiger partial charge in [-0.2, -0.15) is 4.40 Å². The van der Waals surface area contributed by atoms with Crippen LogP contribution in [0.2, 0.25) is 0 Å². The van der Waals surface area contributed by atoms with E-state index in [1.807, 2.05) is 41.5 Å². The second-order valence-corrected chi connectivity index (χ2v) is 21.3. The van der Waals surface area contributed by atoms with E-state index in [0.717, 1.165) is 0 Å². The number of nitrogens with one attached hydrogen (secondary N) is 2. The highest BCUT2D eigenvalue weighted by Gasteiger charge is 2.33. The second kappa shape index (κ2) is 21.8. The monoisotopic (exact) mass is 911 g/mol. The quantitative estimate of drug-likeness (QED) is 0.146. The Morgan fingerprint density at radius 3 is 1.15 bits per heavy atom. The van der Waals surface area contributed by atoms with Gasteiger partial charge in [-0.15, -0.1) is 39.5 Å². The predicted molar refractivity (Wildman–Crippen MR) is 214 cm³/mol. The van der Waals surface area contributed by atoms with Crippen molar-refractivity contribution in [2.24, 2.45) is 4.40 Å². The third-order valence-corrected chi connectivity index (χ3v) is 11.5. The van der Waals surface area contributed by atoms with Gasteiger partial charge in [-0.25, -0.2) is 22.1 Å². The lowest BCUT2D eigenvalue weighted by molar-refractivity contribution is -0.275. The number of ether oxygens (including phenoxy) is 3. The number of alkyl halides is 9. The van der Waals surface area contributed by atoms with Crippen LogP contribution in [0.3, 0.4) is 0 Å². The van der Waals surface area contributed by atoms with Crippen molar-refractivity contribution in [3.63, 3.8) is 0 Å². The Hall–Kier alpha value is -3.53. The zero-order valence-corrected chi connectivity index (χ0v) is 36.6. The molecule has 0 bridgehead atoms. The molecule has 9 nitrogen and oxygen atoms in total. The lowest BCUT2D eigenvalue weighted by atomic mass is 10.1. The van der Waals surface area contributed by atoms with E-state index in [4.69, 9.17) is 0 Å². The van der Waals surface area contributed by atoms with Gasteiger partial charge >= 0.3 is 19.1 Å². The molecule has 0 aliphatic rings. The third-order valence-electron chi connectivity index (χ3n) is 6.78. The van der Waals surface area contributed by atoms with E-state index in [0.29, 0.717) is 16.7 Å². The minimum Gasteiger partial charge on any atom is -0.406 e. The standard InChI is InChI=1S/2C13H18F3NO2S.C12H14F3NO2S/c2*1-9(17-20(18)12(2,3)4)10-6-5-7-11(8-10)19-13(14,15)16;1-11(2,3)19(17)16-8-9-5-4-6-10(7-9)18-12(13,14)15/h2*5-9,17H,1-4H3;4-8H,1-3H3/t9-,20+;9-,20-;19-/m100/s1. The largest absolute Gasteiger partial charge is 0.573 e. The van der Waals surface area contributed by atoms with Crippen molar-refractivity contribution in [1.82, 2.24) is 9.44 Å². The van der Waals surface area contributed by atoms with E-state index >= 15 is 0 Å². The Morgan fingerprint density at radius 2 is 0.847 bits per heavy atom. The van der Waals surface area contributed by atoms with Crippen molar-refractivity contribution >= 4 is 39.2 Å². The van der Waals surface area contributed by atoms with Crippen molar-refractivity contribution in [3.05, 3.63) is 89.5 Å². The number of nitrogens with zero attached hydrogens (tertiary/aromatic N) is 1. The summed E-state index contributed by atoms with van der Waals surface area (Å²) in [6.07, 6.45) is -12.9. The molecule has 59 heavy (non-hydrogen) atoms. The minimum atomic E-state index is -4.73. The first kappa shape index (κ1) is 53.5. The zero-order valence-electron chi connectivity index (χ0n) is 34.2. The van der Waals surface area contributed by atoms with Gasteiger partial charge in [0.1, 0.15) is 28.2 Å². The topological polar surface area (TPSA) is 115 Å². The molecule has 0 spiro atoms. The molecule has 334 valence electrons. The van der Waals surface area contributed by atoms with Crippen LogP contribution in [0.15, 0.2) is 77.2 Å². The van der Waals surface area contributed by atoms with Crippen LogP contribution in [0.5, 0.6) is 17.2 Å². The SMILES string of the molecule is CC(C)(C)[S@](=O)N=Cc1cccc(OC(F)(F)F)c1.C[C@@H](N[S@@](=O)C(C)(C)C)c1cccc(OC(F)(F)F)c1.C[C@H](N[S@@](=O)C(C)(C)C)c1cccc(OC(F)(F)F)c1. The van der Waals surface area contributed by atoms with Crippen LogP contribution < -0.4 is 23.7 Å². The third kappa shape index (κ3) is 23.2. The molecule has 0 unspecified atom stereocenters. The number of hydrogen-bond donors (Lipinski definition) is 2. The molecule has 21 heteroatoms. The van der Waals surface area contributed by atoms with E-state index in [-0.39, 0.29) is 29.3 Å². The first-order chi connectivity index (χ1) is 26.6. The summed E-state index contributed by atoms with van der Waals surface area (Å²) in [5, 5.41) is 0. The summed E-state index contributed by atoms with van der Waals surface area (Å²) in [6.45, 7) is 19.6. The normalized spacial score (nSPS) is 15.4. The van der Waals surface area contributed by atoms with E-state index < -0.39 is 66.3 Å². The fourth-order valence-electron chi connectivity index (χ4n) is 3.83. The fraction of sp³-hybridized carbons (Fsp3) is 0.500. The summed E-state index contributed by atoms with van der Waals surface area (Å²) in [4.78, 5) is 0. The van der Waals surface area contributed by atoms with Gasteiger partial charge < -0.3 is 14.2 Å². The van der Waals surface area contributed by atoms with Gasteiger partial charge in [0.15, 0.2) is 0 Å². The second-order valence-electron chi connectivity index (χ2n) is 15.4. The summed E-state index contributed by atoms with van der Waals surface area (Å²) in [5.74, 6) is -0.909. The van der Waals surface area contributed by atoms with Gasteiger partial charge in [0, 0.05) is 18.3 Å². The van der Waals surface area contributed by atoms with Gasteiger partial charge in [-0.05, 0) is 129 Å². The van der Waals surface area contributed by atoms with Crippen LogP contribution in [0.25, 0.3) is 0 Å². The Morgan fingerprint density at radius 1 is 0.525 bits per heavy atom. The molecule has 0 aromatic heterocycles. The lowest BCUT2D eigenvalue weighted by Gasteiger charge is -2.22. The fourth-order valence-corrected chi connectivity index (χ4v) is 5.99. The molecule has 5 atom stereocenters. The molecule has 0 saturated heterocycles. The molecule has 3 aromatic carbocycles. The van der Waals surface area contributed by atoms with Crippen molar-refractivity contribution in [2.45, 2.75) is 122 Å². The maximum Gasteiger partial charge on any atom is 0.573 e. The first-order valence-electron chi connectivity index (χ1n) is 17.4. The average molecular weight is 912 g/mol. The molecule has 0 heterocycles. The van der Waals surface area contributed by atoms with Crippen LogP contribution >= 0.6 is 0 Å². The summed E-state index contributed by atoms with van der Waals surface area (Å²) >= 11 is 0. The van der Waals surface area contributed by atoms with Crippen LogP contribution in [0.4, 0.5) is 39.5 Å². The molecule has 3 aromatic rings. The highest BCUT2D eigenvalue weighted by atomic mass is 32.2. The highest BCUT2D eigenvalue weighted by molar-refractivity contribution is 7.85. The highest BCUT2D eigenvalue weighted by Crippen LogP contribution is 2.28. The zero-order chi connectivity index (χ0) is 45.8. The predicted octanol–water partition coefficient (Wildman–Crippen LogP) is 10.9. The van der Waals surface area contributed by atoms with E-state index in [1.54, 1.807) is 52.8 Å².